The summed E-state index contributed by atoms with van der Waals surface area (Å²) in [6, 6.07) is 0.979. The van der Waals surface area contributed by atoms with E-state index in [9.17, 15) is 5.11 Å². The summed E-state index contributed by atoms with van der Waals surface area (Å²) in [5, 5.41) is 9.33. The first-order valence-corrected chi connectivity index (χ1v) is 12.7. The molecule has 0 spiro atoms. The topological polar surface area (TPSA) is 98.3 Å². The van der Waals surface area contributed by atoms with Crippen molar-refractivity contribution in [2.45, 2.75) is 96.7 Å². The Hall–Kier alpha value is -0.160. The molecule has 4 rings (SSSR count). The van der Waals surface area contributed by atoms with Gasteiger partial charge in [-0.2, -0.15) is 0 Å². The van der Waals surface area contributed by atoms with E-state index in [1.165, 1.54) is 38.5 Å². The summed E-state index contributed by atoms with van der Waals surface area (Å²) in [6.45, 7) is 7.74. The highest BCUT2D eigenvalue weighted by atomic mass is 16.2. The van der Waals surface area contributed by atoms with Crippen LogP contribution >= 0.6 is 0 Å². The van der Waals surface area contributed by atoms with Gasteiger partial charge in [0, 0.05) is 24.7 Å². The average molecular weight is 406 g/mol. The van der Waals surface area contributed by atoms with Gasteiger partial charge in [-0.25, -0.2) is 0 Å². The second-order valence-electron chi connectivity index (χ2n) is 11.8. The summed E-state index contributed by atoms with van der Waals surface area (Å²) < 4.78 is 0. The van der Waals surface area contributed by atoms with Gasteiger partial charge in [0.15, 0.2) is 0 Å². The van der Waals surface area contributed by atoms with Crippen molar-refractivity contribution in [3.05, 3.63) is 0 Å². The Morgan fingerprint density at radius 3 is 2.48 bits per heavy atom. The standard InChI is InChI=1S/C25H47N3O/c1-14(5-4-10-29)20-8-9-21-24-19(13-23(28)25(20,21)3)15(2)18-7-6-17(26)11-16(18)12-22(24)27/h14-24,29H,4-13,26-28H2,1-3H3/t14-,15?,16?,17-,18?,19?,20?,21+,22-,23+,24?,25?/m1/s1. The molecule has 0 heterocycles. The molecule has 0 aromatic carbocycles. The van der Waals surface area contributed by atoms with Gasteiger partial charge < -0.3 is 22.3 Å². The van der Waals surface area contributed by atoms with E-state index in [1.54, 1.807) is 0 Å². The van der Waals surface area contributed by atoms with Gasteiger partial charge >= 0.3 is 0 Å². The predicted octanol–water partition coefficient (Wildman–Crippen LogP) is 3.50. The summed E-state index contributed by atoms with van der Waals surface area (Å²) in [5.74, 6) is 5.55. The molecular weight excluding hydrogens is 358 g/mol. The van der Waals surface area contributed by atoms with E-state index in [1.807, 2.05) is 0 Å². The predicted molar refractivity (Wildman–Crippen MR) is 120 cm³/mol. The molecule has 0 aromatic heterocycles. The molecule has 0 amide bonds. The lowest BCUT2D eigenvalue weighted by atomic mass is 9.51. The molecule has 0 radical (unpaired) electrons. The van der Waals surface area contributed by atoms with Gasteiger partial charge in [-0.3, -0.25) is 0 Å². The highest BCUT2D eigenvalue weighted by Gasteiger charge is 2.61. The number of aliphatic hydroxyl groups is 1. The summed E-state index contributed by atoms with van der Waals surface area (Å²) in [4.78, 5) is 0. The Labute approximate surface area is 178 Å². The third-order valence-electron chi connectivity index (χ3n) is 10.7. The number of hydrogen-bond acceptors (Lipinski definition) is 4. The van der Waals surface area contributed by atoms with Crippen LogP contribution < -0.4 is 17.2 Å². The Morgan fingerprint density at radius 1 is 1.00 bits per heavy atom. The largest absolute Gasteiger partial charge is 0.396 e. The summed E-state index contributed by atoms with van der Waals surface area (Å²) >= 11 is 0. The quantitative estimate of drug-likeness (QED) is 0.575. The highest BCUT2D eigenvalue weighted by molar-refractivity contribution is 5.12. The highest BCUT2D eigenvalue weighted by Crippen LogP contribution is 2.64. The van der Waals surface area contributed by atoms with Crippen LogP contribution in [-0.2, 0) is 0 Å². The maximum absolute atomic E-state index is 9.33. The minimum absolute atomic E-state index is 0.208. The van der Waals surface area contributed by atoms with Crippen molar-refractivity contribution >= 4 is 0 Å². The number of nitrogens with two attached hydrogens (primary N) is 3. The van der Waals surface area contributed by atoms with E-state index >= 15 is 0 Å². The van der Waals surface area contributed by atoms with Crippen LogP contribution in [0.1, 0.15) is 78.6 Å². The van der Waals surface area contributed by atoms with Gasteiger partial charge in [-0.15, -0.1) is 0 Å². The molecule has 0 saturated heterocycles. The van der Waals surface area contributed by atoms with Gasteiger partial charge in [0.1, 0.15) is 0 Å². The SMILES string of the molecule is CC1C2CC[C@@H](N)CC2C[C@@H](N)C2C1C[C@H](N)C1(C)C([C@H](C)CCCO)CC[C@@H]21. The Morgan fingerprint density at radius 2 is 1.76 bits per heavy atom. The molecule has 0 aliphatic heterocycles. The van der Waals surface area contributed by atoms with Gasteiger partial charge in [0.25, 0.3) is 0 Å². The molecule has 7 unspecified atom stereocenters. The second kappa shape index (κ2) is 8.41. The van der Waals surface area contributed by atoms with E-state index in [4.69, 9.17) is 17.2 Å². The molecule has 29 heavy (non-hydrogen) atoms. The van der Waals surface area contributed by atoms with E-state index in [-0.39, 0.29) is 11.5 Å². The molecule has 4 heteroatoms. The van der Waals surface area contributed by atoms with Crippen molar-refractivity contribution < 1.29 is 5.11 Å². The first-order valence-electron chi connectivity index (χ1n) is 12.7. The molecule has 7 N–H and O–H groups in total. The van der Waals surface area contributed by atoms with Crippen LogP contribution in [0, 0.1) is 52.8 Å². The molecule has 4 nitrogen and oxygen atoms in total. The minimum Gasteiger partial charge on any atom is -0.396 e. The van der Waals surface area contributed by atoms with Gasteiger partial charge in [-0.1, -0.05) is 20.8 Å². The number of fused-ring (bicyclic) bond motifs is 4. The zero-order chi connectivity index (χ0) is 20.9. The molecule has 0 aromatic rings. The molecule has 0 bridgehead atoms. The maximum atomic E-state index is 9.33. The van der Waals surface area contributed by atoms with E-state index in [2.05, 4.69) is 20.8 Å². The fourth-order valence-corrected chi connectivity index (χ4v) is 9.22. The van der Waals surface area contributed by atoms with Crippen molar-refractivity contribution in [1.29, 1.82) is 0 Å². The summed E-state index contributed by atoms with van der Waals surface area (Å²) in [5.41, 5.74) is 20.7. The van der Waals surface area contributed by atoms with Crippen LogP contribution in [0.5, 0.6) is 0 Å². The zero-order valence-electron chi connectivity index (χ0n) is 19.1. The van der Waals surface area contributed by atoms with Crippen molar-refractivity contribution in [2.75, 3.05) is 6.61 Å². The normalized spacial score (nSPS) is 53.5. The van der Waals surface area contributed by atoms with E-state index in [0.29, 0.717) is 48.3 Å². The molecule has 4 saturated carbocycles. The number of aliphatic hydroxyl groups excluding tert-OH is 1. The molecular formula is C25H47N3O. The van der Waals surface area contributed by atoms with Crippen molar-refractivity contribution in [3.63, 3.8) is 0 Å². The van der Waals surface area contributed by atoms with Gasteiger partial charge in [0.05, 0.1) is 0 Å². The molecule has 4 aliphatic rings. The van der Waals surface area contributed by atoms with E-state index in [0.717, 1.165) is 37.0 Å². The van der Waals surface area contributed by atoms with Gasteiger partial charge in [-0.05, 0) is 111 Å². The first kappa shape index (κ1) is 22.0. The third-order valence-corrected chi connectivity index (χ3v) is 10.7. The summed E-state index contributed by atoms with van der Waals surface area (Å²) in [6.07, 6.45) is 10.6. The lowest BCUT2D eigenvalue weighted by molar-refractivity contribution is -0.0490. The fraction of sp³-hybridized carbons (Fsp3) is 1.00. The van der Waals surface area contributed by atoms with Crippen molar-refractivity contribution in [3.8, 4) is 0 Å². The summed E-state index contributed by atoms with van der Waals surface area (Å²) in [7, 11) is 0. The maximum Gasteiger partial charge on any atom is 0.0431 e. The molecule has 168 valence electrons. The van der Waals surface area contributed by atoms with Crippen LogP contribution in [-0.4, -0.2) is 29.8 Å². The lowest BCUT2D eigenvalue weighted by Gasteiger charge is -2.56. The number of hydrogen-bond donors (Lipinski definition) is 4. The Balaban J connectivity index is 1.61. The van der Waals surface area contributed by atoms with E-state index < -0.39 is 0 Å². The van der Waals surface area contributed by atoms with Crippen molar-refractivity contribution in [2.24, 2.45) is 70.0 Å². The fourth-order valence-electron chi connectivity index (χ4n) is 9.22. The lowest BCUT2D eigenvalue weighted by Crippen LogP contribution is -2.59. The smallest absolute Gasteiger partial charge is 0.0431 e. The van der Waals surface area contributed by atoms with Crippen LogP contribution in [0.15, 0.2) is 0 Å². The van der Waals surface area contributed by atoms with Crippen LogP contribution in [0.4, 0.5) is 0 Å². The Kier molecular flexibility index (Phi) is 6.39. The van der Waals surface area contributed by atoms with Crippen LogP contribution in [0.25, 0.3) is 0 Å². The van der Waals surface area contributed by atoms with Crippen LogP contribution in [0.3, 0.4) is 0 Å². The number of rotatable bonds is 4. The molecule has 12 atom stereocenters. The average Bonchev–Trinajstić information content (AvgIpc) is 2.99. The monoisotopic (exact) mass is 405 g/mol. The second-order valence-corrected chi connectivity index (χ2v) is 11.8. The first-order chi connectivity index (χ1) is 13.8. The minimum atomic E-state index is 0.208. The van der Waals surface area contributed by atoms with Crippen molar-refractivity contribution in [1.82, 2.24) is 0 Å². The van der Waals surface area contributed by atoms with Crippen LogP contribution in [0.2, 0.25) is 0 Å². The Bertz CT molecular complexity index is 570. The third kappa shape index (κ3) is 3.60. The zero-order valence-corrected chi connectivity index (χ0v) is 19.1. The van der Waals surface area contributed by atoms with Gasteiger partial charge in [0.2, 0.25) is 0 Å². The molecule has 4 fully saturated rings. The molecule has 4 aliphatic carbocycles.